The number of hydrogen-bond donors (Lipinski definition) is 0. The molecule has 1 aliphatic heterocycles. The van der Waals surface area contributed by atoms with Gasteiger partial charge in [0, 0.05) is 6.42 Å². The predicted molar refractivity (Wildman–Crippen MR) is 47.6 cm³/mol. The Hall–Kier alpha value is -1.39. The van der Waals surface area contributed by atoms with E-state index in [4.69, 9.17) is 0 Å². The molecule has 0 N–H and O–H groups in total. The summed E-state index contributed by atoms with van der Waals surface area (Å²) in [6.07, 6.45) is 0.271. The maximum absolute atomic E-state index is 11.3. The van der Waals surface area contributed by atoms with E-state index in [9.17, 15) is 14.4 Å². The van der Waals surface area contributed by atoms with Crippen molar-refractivity contribution < 1.29 is 19.1 Å². The third-order valence-electron chi connectivity index (χ3n) is 1.94. The van der Waals surface area contributed by atoms with Crippen LogP contribution in [-0.2, 0) is 14.3 Å². The Labute approximate surface area is 82.0 Å². The second kappa shape index (κ2) is 4.74. The van der Waals surface area contributed by atoms with Crippen molar-refractivity contribution in [3.8, 4) is 0 Å². The molecule has 1 heterocycles. The van der Waals surface area contributed by atoms with Crippen LogP contribution in [0.5, 0.6) is 0 Å². The summed E-state index contributed by atoms with van der Waals surface area (Å²) in [5.41, 5.74) is 0. The Bertz CT molecular complexity index is 262. The molecule has 5 nitrogen and oxygen atoms in total. The van der Waals surface area contributed by atoms with E-state index in [1.54, 1.807) is 0 Å². The third-order valence-corrected chi connectivity index (χ3v) is 1.94. The monoisotopic (exact) mass is 199 g/mol. The molecule has 1 fully saturated rings. The predicted octanol–water partition coefficient (Wildman–Crippen LogP) is 0.725. The summed E-state index contributed by atoms with van der Waals surface area (Å²) in [4.78, 5) is 34.4. The van der Waals surface area contributed by atoms with Crippen LogP contribution in [0, 0.1) is 0 Å². The van der Waals surface area contributed by atoms with Crippen molar-refractivity contribution in [3.05, 3.63) is 0 Å². The molecule has 2 amide bonds. The van der Waals surface area contributed by atoms with Gasteiger partial charge in [0.15, 0.2) is 0 Å². The van der Waals surface area contributed by atoms with Crippen molar-refractivity contribution >= 4 is 17.8 Å². The fourth-order valence-electron chi connectivity index (χ4n) is 1.25. The second-order valence-corrected chi connectivity index (χ2v) is 3.13. The standard InChI is InChI=1S/C9H13NO4/c1-2-3-7(11)6-8(12)10-4-5-14-9(10)13/h2-6H2,1H3. The number of ketones is 1. The van der Waals surface area contributed by atoms with Gasteiger partial charge in [0.05, 0.1) is 13.0 Å². The van der Waals surface area contributed by atoms with E-state index in [-0.39, 0.29) is 25.4 Å². The van der Waals surface area contributed by atoms with Crippen LogP contribution in [0.2, 0.25) is 0 Å². The number of amides is 2. The minimum Gasteiger partial charge on any atom is -0.447 e. The van der Waals surface area contributed by atoms with Crippen molar-refractivity contribution in [1.82, 2.24) is 4.90 Å². The first-order valence-electron chi connectivity index (χ1n) is 4.64. The van der Waals surface area contributed by atoms with Crippen molar-refractivity contribution in [2.75, 3.05) is 13.2 Å². The van der Waals surface area contributed by atoms with E-state index < -0.39 is 12.0 Å². The van der Waals surface area contributed by atoms with Crippen LogP contribution in [0.4, 0.5) is 4.79 Å². The van der Waals surface area contributed by atoms with Crippen molar-refractivity contribution in [1.29, 1.82) is 0 Å². The maximum Gasteiger partial charge on any atom is 0.416 e. The van der Waals surface area contributed by atoms with Gasteiger partial charge >= 0.3 is 6.09 Å². The zero-order valence-electron chi connectivity index (χ0n) is 8.12. The summed E-state index contributed by atoms with van der Waals surface area (Å²) < 4.78 is 4.58. The normalized spacial score (nSPS) is 15.5. The zero-order chi connectivity index (χ0) is 10.6. The Balaban J connectivity index is 2.41. The lowest BCUT2D eigenvalue weighted by Crippen LogP contribution is -2.32. The lowest BCUT2D eigenvalue weighted by atomic mass is 10.1. The van der Waals surface area contributed by atoms with E-state index in [2.05, 4.69) is 4.74 Å². The van der Waals surface area contributed by atoms with E-state index in [1.165, 1.54) is 0 Å². The molecule has 0 aromatic rings. The highest BCUT2D eigenvalue weighted by atomic mass is 16.6. The molecule has 0 saturated carbocycles. The first-order chi connectivity index (χ1) is 6.65. The molecule has 14 heavy (non-hydrogen) atoms. The smallest absolute Gasteiger partial charge is 0.416 e. The minimum atomic E-state index is -0.640. The highest BCUT2D eigenvalue weighted by Gasteiger charge is 2.28. The van der Waals surface area contributed by atoms with E-state index in [1.807, 2.05) is 6.92 Å². The quantitative estimate of drug-likeness (QED) is 0.626. The van der Waals surface area contributed by atoms with Crippen molar-refractivity contribution in [2.24, 2.45) is 0 Å². The lowest BCUT2D eigenvalue weighted by molar-refractivity contribution is -0.132. The number of hydrogen-bond acceptors (Lipinski definition) is 4. The Morgan fingerprint density at radius 3 is 2.71 bits per heavy atom. The molecular weight excluding hydrogens is 186 g/mol. The van der Waals surface area contributed by atoms with Gasteiger partial charge in [0.25, 0.3) is 0 Å². The topological polar surface area (TPSA) is 63.7 Å². The van der Waals surface area contributed by atoms with Crippen LogP contribution in [0.25, 0.3) is 0 Å². The molecule has 0 unspecified atom stereocenters. The van der Waals surface area contributed by atoms with E-state index in [0.717, 1.165) is 11.3 Å². The Morgan fingerprint density at radius 1 is 1.50 bits per heavy atom. The van der Waals surface area contributed by atoms with Crippen molar-refractivity contribution in [2.45, 2.75) is 26.2 Å². The van der Waals surface area contributed by atoms with Gasteiger partial charge in [-0.3, -0.25) is 9.59 Å². The number of nitrogens with zero attached hydrogens (tertiary/aromatic N) is 1. The molecule has 0 radical (unpaired) electrons. The first-order valence-corrected chi connectivity index (χ1v) is 4.64. The third kappa shape index (κ3) is 2.55. The van der Waals surface area contributed by atoms with Gasteiger partial charge in [-0.1, -0.05) is 6.92 Å². The Kier molecular flexibility index (Phi) is 3.62. The highest BCUT2D eigenvalue weighted by Crippen LogP contribution is 2.06. The Morgan fingerprint density at radius 2 is 2.21 bits per heavy atom. The lowest BCUT2D eigenvalue weighted by Gasteiger charge is -2.09. The minimum absolute atomic E-state index is 0.128. The number of ether oxygens (including phenoxy) is 1. The van der Waals surface area contributed by atoms with Crippen LogP contribution in [0.1, 0.15) is 26.2 Å². The van der Waals surface area contributed by atoms with Crippen LogP contribution in [0.15, 0.2) is 0 Å². The fraction of sp³-hybridized carbons (Fsp3) is 0.667. The molecular formula is C9H13NO4. The average molecular weight is 199 g/mol. The summed E-state index contributed by atoms with van der Waals surface area (Å²) in [6.45, 7) is 2.36. The average Bonchev–Trinajstić information content (AvgIpc) is 2.51. The number of cyclic esters (lactones) is 1. The summed E-state index contributed by atoms with van der Waals surface area (Å²) in [6, 6.07) is 0. The number of carbonyl (C=O) groups is 3. The van der Waals surface area contributed by atoms with E-state index in [0.29, 0.717) is 6.42 Å². The number of carbonyl (C=O) groups excluding carboxylic acids is 3. The van der Waals surface area contributed by atoms with Crippen LogP contribution in [-0.4, -0.2) is 35.8 Å². The van der Waals surface area contributed by atoms with E-state index >= 15 is 0 Å². The fourth-order valence-corrected chi connectivity index (χ4v) is 1.25. The summed E-state index contributed by atoms with van der Waals surface area (Å²) in [7, 11) is 0. The van der Waals surface area contributed by atoms with Crippen LogP contribution < -0.4 is 0 Å². The van der Waals surface area contributed by atoms with Gasteiger partial charge in [-0.25, -0.2) is 9.69 Å². The van der Waals surface area contributed by atoms with Gasteiger partial charge in [-0.15, -0.1) is 0 Å². The summed E-state index contributed by atoms with van der Waals surface area (Å²) in [5, 5.41) is 0. The number of imide groups is 1. The molecule has 0 atom stereocenters. The van der Waals surface area contributed by atoms with Gasteiger partial charge in [-0.05, 0) is 6.42 Å². The van der Waals surface area contributed by atoms with Gasteiger partial charge in [0.2, 0.25) is 5.91 Å². The van der Waals surface area contributed by atoms with Gasteiger partial charge in [0.1, 0.15) is 12.4 Å². The van der Waals surface area contributed by atoms with Gasteiger partial charge < -0.3 is 4.74 Å². The first kappa shape index (κ1) is 10.7. The largest absolute Gasteiger partial charge is 0.447 e. The summed E-state index contributed by atoms with van der Waals surface area (Å²) in [5.74, 6) is -0.580. The molecule has 0 aromatic carbocycles. The van der Waals surface area contributed by atoms with Gasteiger partial charge in [-0.2, -0.15) is 0 Å². The molecule has 0 aliphatic carbocycles. The molecule has 1 saturated heterocycles. The molecule has 0 bridgehead atoms. The summed E-state index contributed by atoms with van der Waals surface area (Å²) >= 11 is 0. The molecule has 1 rings (SSSR count). The maximum atomic E-state index is 11.3. The van der Waals surface area contributed by atoms with Crippen LogP contribution in [0.3, 0.4) is 0 Å². The molecule has 0 aromatic heterocycles. The molecule has 5 heteroatoms. The van der Waals surface area contributed by atoms with Crippen molar-refractivity contribution in [3.63, 3.8) is 0 Å². The molecule has 1 aliphatic rings. The number of Topliss-reactive ketones (excluding diaryl/α,β-unsaturated/α-hetero) is 1. The molecule has 0 spiro atoms. The molecule has 78 valence electrons. The highest BCUT2D eigenvalue weighted by molar-refractivity contribution is 6.03. The number of rotatable bonds is 4. The second-order valence-electron chi connectivity index (χ2n) is 3.13. The SMILES string of the molecule is CCCC(=O)CC(=O)N1CCOC1=O. The zero-order valence-corrected chi connectivity index (χ0v) is 8.12. The van der Waals surface area contributed by atoms with Crippen LogP contribution >= 0.6 is 0 Å².